The van der Waals surface area contributed by atoms with Gasteiger partial charge in [0.25, 0.3) is 0 Å². The van der Waals surface area contributed by atoms with Crippen molar-refractivity contribution < 1.29 is 14.3 Å². The van der Waals surface area contributed by atoms with Crippen LogP contribution in [0.3, 0.4) is 0 Å². The van der Waals surface area contributed by atoms with Gasteiger partial charge >= 0.3 is 0 Å². The zero-order chi connectivity index (χ0) is 19.1. The molecule has 0 unspecified atom stereocenters. The smallest absolute Gasteiger partial charge is 0.244 e. The number of benzene rings is 2. The average molecular weight is 364 g/mol. The van der Waals surface area contributed by atoms with Crippen molar-refractivity contribution in [1.29, 1.82) is 0 Å². The van der Waals surface area contributed by atoms with E-state index in [1.165, 1.54) is 6.08 Å². The highest BCUT2D eigenvalue weighted by molar-refractivity contribution is 5.94. The molecule has 2 aromatic rings. The third-order valence-corrected chi connectivity index (χ3v) is 4.46. The van der Waals surface area contributed by atoms with Crippen molar-refractivity contribution in [3.63, 3.8) is 0 Å². The van der Waals surface area contributed by atoms with Crippen LogP contribution < -0.4 is 10.1 Å². The van der Waals surface area contributed by atoms with Gasteiger partial charge in [-0.2, -0.15) is 0 Å². The summed E-state index contributed by atoms with van der Waals surface area (Å²) < 4.78 is 5.17. The number of carbonyl (C=O) groups is 2. The topological polar surface area (TPSA) is 58.6 Å². The van der Waals surface area contributed by atoms with E-state index in [1.54, 1.807) is 13.2 Å². The van der Waals surface area contributed by atoms with Gasteiger partial charge in [0.2, 0.25) is 11.8 Å². The molecule has 5 heteroatoms. The van der Waals surface area contributed by atoms with Crippen LogP contribution in [0.5, 0.6) is 5.75 Å². The van der Waals surface area contributed by atoms with Crippen LogP contribution >= 0.6 is 0 Å². The first-order chi connectivity index (χ1) is 13.2. The minimum Gasteiger partial charge on any atom is -0.497 e. The molecule has 5 nitrogen and oxygen atoms in total. The Hall–Kier alpha value is -3.08. The standard InChI is InChI=1S/C22H24N2O3/c1-27-20-12-7-18(8-13-20)16-24(19-10-11-19)22(26)15-23-21(25)14-9-17-5-3-2-4-6-17/h2-9,12-14,19H,10-11,15-16H2,1H3,(H,23,25)/b14-9+. The lowest BCUT2D eigenvalue weighted by Gasteiger charge is -2.22. The molecule has 0 spiro atoms. The van der Waals surface area contributed by atoms with E-state index in [0.29, 0.717) is 6.54 Å². The van der Waals surface area contributed by atoms with Crippen molar-refractivity contribution in [2.24, 2.45) is 0 Å². The van der Waals surface area contributed by atoms with E-state index in [0.717, 1.165) is 29.7 Å². The quantitative estimate of drug-likeness (QED) is 0.733. The number of methoxy groups -OCH3 is 1. The van der Waals surface area contributed by atoms with Crippen LogP contribution in [-0.4, -0.2) is 36.4 Å². The predicted octanol–water partition coefficient (Wildman–Crippen LogP) is 3.02. The van der Waals surface area contributed by atoms with Crippen LogP contribution in [0.2, 0.25) is 0 Å². The lowest BCUT2D eigenvalue weighted by molar-refractivity contribution is -0.133. The zero-order valence-corrected chi connectivity index (χ0v) is 15.4. The molecule has 27 heavy (non-hydrogen) atoms. The Bertz CT molecular complexity index is 796. The highest BCUT2D eigenvalue weighted by Crippen LogP contribution is 2.28. The Kier molecular flexibility index (Phi) is 6.26. The van der Waals surface area contributed by atoms with Crippen LogP contribution in [0.15, 0.2) is 60.7 Å². The largest absolute Gasteiger partial charge is 0.497 e. The fourth-order valence-electron chi connectivity index (χ4n) is 2.79. The van der Waals surface area contributed by atoms with Gasteiger partial charge in [-0.15, -0.1) is 0 Å². The molecule has 2 amide bonds. The summed E-state index contributed by atoms with van der Waals surface area (Å²) in [6.07, 6.45) is 5.22. The molecule has 0 aromatic heterocycles. The summed E-state index contributed by atoms with van der Waals surface area (Å²) in [5, 5.41) is 2.68. The summed E-state index contributed by atoms with van der Waals surface area (Å²) in [4.78, 5) is 26.4. The van der Waals surface area contributed by atoms with Crippen LogP contribution in [-0.2, 0) is 16.1 Å². The lowest BCUT2D eigenvalue weighted by Crippen LogP contribution is -2.40. The van der Waals surface area contributed by atoms with E-state index in [4.69, 9.17) is 4.74 Å². The van der Waals surface area contributed by atoms with Crippen LogP contribution in [0, 0.1) is 0 Å². The van der Waals surface area contributed by atoms with Gasteiger partial charge in [0, 0.05) is 18.7 Å². The molecule has 2 aromatic carbocycles. The van der Waals surface area contributed by atoms with Gasteiger partial charge in [-0.05, 0) is 42.2 Å². The van der Waals surface area contributed by atoms with Gasteiger partial charge in [0.05, 0.1) is 13.7 Å². The van der Waals surface area contributed by atoms with Crippen LogP contribution in [0.25, 0.3) is 6.08 Å². The molecule has 1 aliphatic carbocycles. The van der Waals surface area contributed by atoms with E-state index >= 15 is 0 Å². The number of rotatable bonds is 8. The molecule has 0 saturated heterocycles. The van der Waals surface area contributed by atoms with E-state index in [-0.39, 0.29) is 24.4 Å². The van der Waals surface area contributed by atoms with E-state index in [2.05, 4.69) is 5.32 Å². The molecule has 0 radical (unpaired) electrons. The van der Waals surface area contributed by atoms with Gasteiger partial charge in [0.15, 0.2) is 0 Å². The number of nitrogens with zero attached hydrogens (tertiary/aromatic N) is 1. The summed E-state index contributed by atoms with van der Waals surface area (Å²) in [6.45, 7) is 0.549. The van der Waals surface area contributed by atoms with Gasteiger partial charge in [-0.25, -0.2) is 0 Å². The first-order valence-electron chi connectivity index (χ1n) is 9.09. The maximum Gasteiger partial charge on any atom is 0.244 e. The Morgan fingerprint density at radius 2 is 1.81 bits per heavy atom. The summed E-state index contributed by atoms with van der Waals surface area (Å²) in [5.74, 6) is 0.461. The number of carbonyl (C=O) groups excluding carboxylic acids is 2. The van der Waals surface area contributed by atoms with E-state index in [1.807, 2.05) is 59.5 Å². The van der Waals surface area contributed by atoms with Crippen molar-refractivity contribution in [2.75, 3.05) is 13.7 Å². The molecule has 0 heterocycles. The molecule has 1 N–H and O–H groups in total. The minimum absolute atomic E-state index is 0.00458. The Morgan fingerprint density at radius 3 is 2.44 bits per heavy atom. The van der Waals surface area contributed by atoms with Gasteiger partial charge in [0.1, 0.15) is 5.75 Å². The monoisotopic (exact) mass is 364 g/mol. The van der Waals surface area contributed by atoms with Crippen molar-refractivity contribution in [3.05, 3.63) is 71.8 Å². The number of hydrogen-bond donors (Lipinski definition) is 1. The SMILES string of the molecule is COc1ccc(CN(C(=O)CNC(=O)/C=C/c2ccccc2)C2CC2)cc1. The number of hydrogen-bond acceptors (Lipinski definition) is 3. The highest BCUT2D eigenvalue weighted by Gasteiger charge is 2.32. The maximum absolute atomic E-state index is 12.6. The summed E-state index contributed by atoms with van der Waals surface area (Å²) in [7, 11) is 1.63. The molecule has 1 saturated carbocycles. The second-order valence-electron chi connectivity index (χ2n) is 6.56. The van der Waals surface area contributed by atoms with Crippen molar-refractivity contribution >= 4 is 17.9 Å². The normalized spacial score (nSPS) is 13.4. The molecule has 0 atom stereocenters. The predicted molar refractivity (Wildman–Crippen MR) is 105 cm³/mol. The fraction of sp³-hybridized carbons (Fsp3) is 0.273. The van der Waals surface area contributed by atoms with Gasteiger partial charge in [-0.1, -0.05) is 42.5 Å². The summed E-state index contributed by atoms with van der Waals surface area (Å²) >= 11 is 0. The third-order valence-electron chi connectivity index (χ3n) is 4.46. The number of nitrogens with one attached hydrogen (secondary N) is 1. The van der Waals surface area contributed by atoms with Gasteiger partial charge in [-0.3, -0.25) is 9.59 Å². The molecule has 0 aliphatic heterocycles. The molecule has 0 bridgehead atoms. The van der Waals surface area contributed by atoms with Crippen molar-refractivity contribution in [2.45, 2.75) is 25.4 Å². The van der Waals surface area contributed by atoms with Crippen LogP contribution in [0.4, 0.5) is 0 Å². The molecular formula is C22H24N2O3. The first kappa shape index (κ1) is 18.7. The second-order valence-corrected chi connectivity index (χ2v) is 6.56. The maximum atomic E-state index is 12.6. The molecule has 1 fully saturated rings. The summed E-state index contributed by atoms with van der Waals surface area (Å²) in [5.41, 5.74) is 1.99. The molecular weight excluding hydrogens is 340 g/mol. The molecule has 140 valence electrons. The summed E-state index contributed by atoms with van der Waals surface area (Å²) in [6, 6.07) is 17.5. The lowest BCUT2D eigenvalue weighted by atomic mass is 10.2. The Balaban J connectivity index is 1.52. The first-order valence-corrected chi connectivity index (χ1v) is 9.09. The van der Waals surface area contributed by atoms with Crippen molar-refractivity contribution in [1.82, 2.24) is 10.2 Å². The highest BCUT2D eigenvalue weighted by atomic mass is 16.5. The zero-order valence-electron chi connectivity index (χ0n) is 15.4. The van der Waals surface area contributed by atoms with Crippen molar-refractivity contribution in [3.8, 4) is 5.75 Å². The Labute approximate surface area is 159 Å². The van der Waals surface area contributed by atoms with Crippen LogP contribution in [0.1, 0.15) is 24.0 Å². The Morgan fingerprint density at radius 1 is 1.11 bits per heavy atom. The van der Waals surface area contributed by atoms with Gasteiger partial charge < -0.3 is 15.0 Å². The number of ether oxygens (including phenoxy) is 1. The number of amides is 2. The molecule has 3 rings (SSSR count). The third kappa shape index (κ3) is 5.71. The van der Waals surface area contributed by atoms with E-state index in [9.17, 15) is 9.59 Å². The second kappa shape index (κ2) is 9.03. The fourth-order valence-corrected chi connectivity index (χ4v) is 2.79. The van der Waals surface area contributed by atoms with E-state index < -0.39 is 0 Å². The average Bonchev–Trinajstić information content (AvgIpc) is 3.55. The molecule has 1 aliphatic rings. The minimum atomic E-state index is -0.271.